The molecule has 0 saturated carbocycles. The van der Waals surface area contributed by atoms with E-state index >= 15 is 0 Å². The zero-order chi connectivity index (χ0) is 16.3. The number of nitro benzene ring substituents is 1. The van der Waals surface area contributed by atoms with Crippen molar-refractivity contribution in [1.29, 1.82) is 0 Å². The average molecular weight is 361 g/mol. The molecular weight excluding hydrogens is 353 g/mol. The second-order valence-corrected chi connectivity index (χ2v) is 5.41. The summed E-state index contributed by atoms with van der Waals surface area (Å²) in [6.07, 6.45) is 0. The van der Waals surface area contributed by atoms with E-state index < -0.39 is 10.9 Å². The Morgan fingerprint density at radius 3 is 2.23 bits per heavy atom. The third kappa shape index (κ3) is 3.68. The number of rotatable bonds is 4. The molecule has 0 aromatic heterocycles. The number of carbonyl (C=O) groups excluding carboxylic acids is 1. The minimum atomic E-state index is -0.726. The lowest BCUT2D eigenvalue weighted by atomic mass is 10.2. The molecule has 0 radical (unpaired) electrons. The van der Waals surface area contributed by atoms with Gasteiger partial charge in [-0.15, -0.1) is 0 Å². The zero-order valence-electron chi connectivity index (χ0n) is 10.9. The first-order chi connectivity index (χ1) is 10.4. The van der Waals surface area contributed by atoms with Crippen molar-refractivity contribution in [1.82, 2.24) is 0 Å². The van der Waals surface area contributed by atoms with Gasteiger partial charge in [0, 0.05) is 12.1 Å². The normalized spacial score (nSPS) is 10.3. The molecule has 0 amide bonds. The molecule has 0 aliphatic heterocycles. The number of non-ortho nitro benzene ring substituents is 1. The Morgan fingerprint density at radius 2 is 1.64 bits per heavy atom. The standard InChI is InChI=1S/C14H8Cl3NO4/c15-10-5-6-11(16)13(17)12(10)14(19)22-7-8-1-3-9(4-2-8)18(20)21/h1-6H,7H2. The van der Waals surface area contributed by atoms with E-state index in [2.05, 4.69) is 0 Å². The van der Waals surface area contributed by atoms with Crippen molar-refractivity contribution in [3.63, 3.8) is 0 Å². The molecule has 0 bridgehead atoms. The van der Waals surface area contributed by atoms with E-state index in [0.29, 0.717) is 5.56 Å². The van der Waals surface area contributed by atoms with Gasteiger partial charge >= 0.3 is 5.97 Å². The fourth-order valence-corrected chi connectivity index (χ4v) is 2.33. The molecule has 0 aliphatic rings. The Hall–Kier alpha value is -1.82. The van der Waals surface area contributed by atoms with Crippen LogP contribution >= 0.6 is 34.8 Å². The van der Waals surface area contributed by atoms with Gasteiger partial charge in [0.25, 0.3) is 5.69 Å². The number of nitrogens with zero attached hydrogens (tertiary/aromatic N) is 1. The van der Waals surface area contributed by atoms with E-state index in [1.807, 2.05) is 0 Å². The number of carbonyl (C=O) groups is 1. The molecule has 8 heteroatoms. The lowest BCUT2D eigenvalue weighted by Crippen LogP contribution is -2.07. The van der Waals surface area contributed by atoms with Crippen LogP contribution in [0.1, 0.15) is 15.9 Å². The molecule has 0 unspecified atom stereocenters. The van der Waals surface area contributed by atoms with E-state index in [1.165, 1.54) is 36.4 Å². The molecule has 0 heterocycles. The number of hydrogen-bond donors (Lipinski definition) is 0. The Kier molecular flexibility index (Phi) is 5.24. The molecule has 2 aromatic carbocycles. The number of nitro groups is 1. The second-order valence-electron chi connectivity index (χ2n) is 4.22. The Bertz CT molecular complexity index is 732. The molecule has 0 N–H and O–H groups in total. The van der Waals surface area contributed by atoms with Gasteiger partial charge in [-0.05, 0) is 29.8 Å². The summed E-state index contributed by atoms with van der Waals surface area (Å²) in [5.74, 6) is -0.726. The zero-order valence-corrected chi connectivity index (χ0v) is 13.2. The first-order valence-electron chi connectivity index (χ1n) is 5.94. The minimum absolute atomic E-state index is 0.0160. The first-order valence-corrected chi connectivity index (χ1v) is 7.07. The number of halogens is 3. The summed E-state index contributed by atoms with van der Waals surface area (Å²) in [6, 6.07) is 8.54. The lowest BCUT2D eigenvalue weighted by Gasteiger charge is -2.09. The van der Waals surface area contributed by atoms with Crippen molar-refractivity contribution in [3.8, 4) is 0 Å². The molecule has 5 nitrogen and oxygen atoms in total. The van der Waals surface area contributed by atoms with E-state index in [4.69, 9.17) is 39.5 Å². The van der Waals surface area contributed by atoms with Crippen LogP contribution in [0.25, 0.3) is 0 Å². The SMILES string of the molecule is O=C(OCc1ccc([N+](=O)[O-])cc1)c1c(Cl)ccc(Cl)c1Cl. The van der Waals surface area contributed by atoms with Crippen molar-refractivity contribution >= 4 is 46.5 Å². The van der Waals surface area contributed by atoms with E-state index in [9.17, 15) is 14.9 Å². The Labute approximate surface area is 140 Å². The van der Waals surface area contributed by atoms with Crippen LogP contribution in [0.2, 0.25) is 15.1 Å². The average Bonchev–Trinajstić information content (AvgIpc) is 2.49. The Balaban J connectivity index is 2.10. The van der Waals surface area contributed by atoms with E-state index in [0.717, 1.165) is 0 Å². The van der Waals surface area contributed by atoms with E-state index in [1.54, 1.807) is 0 Å². The molecule has 0 atom stereocenters. The molecule has 0 fully saturated rings. The third-order valence-corrected chi connectivity index (χ3v) is 3.88. The van der Waals surface area contributed by atoms with Crippen molar-refractivity contribution in [2.24, 2.45) is 0 Å². The summed E-state index contributed by atoms with van der Waals surface area (Å²) >= 11 is 17.7. The van der Waals surface area contributed by atoms with Crippen LogP contribution in [-0.2, 0) is 11.3 Å². The number of benzene rings is 2. The molecular formula is C14H8Cl3NO4. The molecule has 2 rings (SSSR count). The molecule has 0 saturated heterocycles. The highest BCUT2D eigenvalue weighted by atomic mass is 35.5. The highest BCUT2D eigenvalue weighted by Crippen LogP contribution is 2.32. The van der Waals surface area contributed by atoms with Crippen LogP contribution in [0, 0.1) is 10.1 Å². The summed E-state index contributed by atoms with van der Waals surface area (Å²) in [5.41, 5.74) is 0.530. The smallest absolute Gasteiger partial charge is 0.341 e. The molecule has 0 spiro atoms. The van der Waals surface area contributed by atoms with Crippen molar-refractivity contribution in [2.75, 3.05) is 0 Å². The fraction of sp³-hybridized carbons (Fsp3) is 0.0714. The number of ether oxygens (including phenoxy) is 1. The van der Waals surface area contributed by atoms with Crippen LogP contribution in [0.5, 0.6) is 0 Å². The molecule has 2 aromatic rings. The van der Waals surface area contributed by atoms with Gasteiger partial charge in [0.15, 0.2) is 0 Å². The van der Waals surface area contributed by atoms with Crippen molar-refractivity contribution < 1.29 is 14.5 Å². The van der Waals surface area contributed by atoms with Crippen molar-refractivity contribution in [2.45, 2.75) is 6.61 Å². The highest BCUT2D eigenvalue weighted by Gasteiger charge is 2.19. The highest BCUT2D eigenvalue weighted by molar-refractivity contribution is 6.46. The van der Waals surface area contributed by atoms with Crippen LogP contribution in [0.4, 0.5) is 5.69 Å². The van der Waals surface area contributed by atoms with Gasteiger partial charge in [0.05, 0.1) is 25.6 Å². The monoisotopic (exact) mass is 359 g/mol. The number of hydrogen-bond acceptors (Lipinski definition) is 4. The van der Waals surface area contributed by atoms with Gasteiger partial charge in [-0.25, -0.2) is 4.79 Å². The van der Waals surface area contributed by atoms with Gasteiger partial charge in [0.1, 0.15) is 6.61 Å². The maximum Gasteiger partial charge on any atom is 0.341 e. The van der Waals surface area contributed by atoms with Crippen LogP contribution < -0.4 is 0 Å². The topological polar surface area (TPSA) is 69.4 Å². The van der Waals surface area contributed by atoms with Crippen LogP contribution in [0.3, 0.4) is 0 Å². The largest absolute Gasteiger partial charge is 0.457 e. The van der Waals surface area contributed by atoms with Gasteiger partial charge in [0.2, 0.25) is 0 Å². The van der Waals surface area contributed by atoms with Crippen molar-refractivity contribution in [3.05, 3.63) is 72.7 Å². The fourth-order valence-electron chi connectivity index (χ4n) is 1.65. The quantitative estimate of drug-likeness (QED) is 0.336. The van der Waals surface area contributed by atoms with Gasteiger partial charge in [-0.3, -0.25) is 10.1 Å². The van der Waals surface area contributed by atoms with Gasteiger partial charge in [-0.1, -0.05) is 34.8 Å². The molecule has 22 heavy (non-hydrogen) atoms. The minimum Gasteiger partial charge on any atom is -0.457 e. The summed E-state index contributed by atoms with van der Waals surface area (Å²) in [7, 11) is 0. The molecule has 114 valence electrons. The summed E-state index contributed by atoms with van der Waals surface area (Å²) in [5, 5.41) is 10.9. The van der Waals surface area contributed by atoms with E-state index in [-0.39, 0.29) is 32.9 Å². The second kappa shape index (κ2) is 6.96. The number of esters is 1. The van der Waals surface area contributed by atoms with Gasteiger partial charge < -0.3 is 4.74 Å². The molecule has 0 aliphatic carbocycles. The first kappa shape index (κ1) is 16.5. The van der Waals surface area contributed by atoms with Crippen LogP contribution in [-0.4, -0.2) is 10.9 Å². The summed E-state index contributed by atoms with van der Waals surface area (Å²) < 4.78 is 5.09. The van der Waals surface area contributed by atoms with Crippen LogP contribution in [0.15, 0.2) is 36.4 Å². The Morgan fingerprint density at radius 1 is 1.05 bits per heavy atom. The summed E-state index contributed by atoms with van der Waals surface area (Å²) in [6.45, 7) is -0.0734. The summed E-state index contributed by atoms with van der Waals surface area (Å²) in [4.78, 5) is 22.1. The predicted octanol–water partition coefficient (Wildman–Crippen LogP) is 4.91. The third-order valence-electron chi connectivity index (χ3n) is 2.77. The van der Waals surface area contributed by atoms with Gasteiger partial charge in [-0.2, -0.15) is 0 Å². The predicted molar refractivity (Wildman–Crippen MR) is 83.7 cm³/mol. The maximum atomic E-state index is 12.0. The maximum absolute atomic E-state index is 12.0. The lowest BCUT2D eigenvalue weighted by molar-refractivity contribution is -0.384.